The summed E-state index contributed by atoms with van der Waals surface area (Å²) in [4.78, 5) is 19.2. The van der Waals surface area contributed by atoms with Crippen LogP contribution in [0.4, 0.5) is 0 Å². The Labute approximate surface area is 120 Å². The summed E-state index contributed by atoms with van der Waals surface area (Å²) in [6.45, 7) is 0.528. The van der Waals surface area contributed by atoms with Crippen LogP contribution in [0.25, 0.3) is 11.5 Å². The Morgan fingerprint density at radius 2 is 1.90 bits per heavy atom. The number of benzene rings is 1. The highest BCUT2D eigenvalue weighted by Gasteiger charge is 2.06. The van der Waals surface area contributed by atoms with E-state index < -0.39 is 5.97 Å². The fraction of sp³-hybridized carbons (Fsp3) is 0.0667. The smallest absolute Gasteiger partial charge is 0.335 e. The molecule has 0 spiro atoms. The number of aromatic nitrogens is 4. The zero-order chi connectivity index (χ0) is 14.7. The summed E-state index contributed by atoms with van der Waals surface area (Å²) in [7, 11) is 0. The largest absolute Gasteiger partial charge is 0.478 e. The maximum Gasteiger partial charge on any atom is 0.335 e. The highest BCUT2D eigenvalue weighted by Crippen LogP contribution is 2.11. The Kier molecular flexibility index (Phi) is 3.42. The second-order valence-corrected chi connectivity index (χ2v) is 4.48. The van der Waals surface area contributed by atoms with Crippen LogP contribution in [-0.2, 0) is 6.54 Å². The van der Waals surface area contributed by atoms with Gasteiger partial charge in [0.1, 0.15) is 12.0 Å². The van der Waals surface area contributed by atoms with E-state index in [0.717, 1.165) is 11.3 Å². The number of hydrogen-bond donors (Lipinski definition) is 1. The third-order valence-corrected chi connectivity index (χ3v) is 2.98. The second kappa shape index (κ2) is 5.54. The molecule has 2 aromatic heterocycles. The van der Waals surface area contributed by atoms with E-state index in [9.17, 15) is 4.79 Å². The van der Waals surface area contributed by atoms with E-state index in [1.807, 2.05) is 18.2 Å². The fourth-order valence-corrected chi connectivity index (χ4v) is 1.92. The lowest BCUT2D eigenvalue weighted by Crippen LogP contribution is -2.02. The van der Waals surface area contributed by atoms with Gasteiger partial charge < -0.3 is 5.11 Å². The highest BCUT2D eigenvalue weighted by molar-refractivity contribution is 5.87. The Hall–Kier alpha value is -3.02. The van der Waals surface area contributed by atoms with E-state index in [4.69, 9.17) is 5.11 Å². The van der Waals surface area contributed by atoms with Crippen molar-refractivity contribution in [1.82, 2.24) is 19.7 Å². The van der Waals surface area contributed by atoms with Gasteiger partial charge in [0.05, 0.1) is 12.1 Å². The number of nitrogens with zero attached hydrogens (tertiary/aromatic N) is 4. The zero-order valence-corrected chi connectivity index (χ0v) is 11.0. The van der Waals surface area contributed by atoms with Gasteiger partial charge in [-0.25, -0.2) is 14.5 Å². The van der Waals surface area contributed by atoms with Gasteiger partial charge in [-0.2, -0.15) is 0 Å². The van der Waals surface area contributed by atoms with Gasteiger partial charge in [-0.15, -0.1) is 5.10 Å². The summed E-state index contributed by atoms with van der Waals surface area (Å²) in [5, 5.41) is 13.2. The van der Waals surface area contributed by atoms with Crippen molar-refractivity contribution < 1.29 is 9.90 Å². The molecular weight excluding hydrogens is 268 g/mol. The Morgan fingerprint density at radius 3 is 2.57 bits per heavy atom. The number of carboxylic acids is 1. The molecule has 3 rings (SSSR count). The van der Waals surface area contributed by atoms with Crippen LogP contribution in [-0.4, -0.2) is 30.8 Å². The average Bonchev–Trinajstić information content (AvgIpc) is 2.97. The molecule has 3 aromatic rings. The number of pyridine rings is 1. The minimum absolute atomic E-state index is 0.270. The molecule has 0 aliphatic carbocycles. The van der Waals surface area contributed by atoms with Crippen LogP contribution in [0.15, 0.2) is 55.0 Å². The molecule has 0 unspecified atom stereocenters. The molecule has 2 heterocycles. The summed E-state index contributed by atoms with van der Waals surface area (Å²) in [5.41, 5.74) is 1.95. The summed E-state index contributed by atoms with van der Waals surface area (Å²) in [6.07, 6.45) is 3.33. The lowest BCUT2D eigenvalue weighted by Gasteiger charge is -2.01. The van der Waals surface area contributed by atoms with Crippen molar-refractivity contribution in [2.45, 2.75) is 6.54 Å². The first-order chi connectivity index (χ1) is 10.2. The third kappa shape index (κ3) is 2.94. The predicted molar refractivity (Wildman–Crippen MR) is 75.8 cm³/mol. The summed E-state index contributed by atoms with van der Waals surface area (Å²) in [5.74, 6) is -0.363. The Balaban J connectivity index is 1.77. The van der Waals surface area contributed by atoms with Crippen LogP contribution in [0.2, 0.25) is 0 Å². The first kappa shape index (κ1) is 13.0. The van der Waals surface area contributed by atoms with Crippen molar-refractivity contribution in [3.05, 3.63) is 66.1 Å². The summed E-state index contributed by atoms with van der Waals surface area (Å²) >= 11 is 0. The van der Waals surface area contributed by atoms with E-state index in [1.165, 1.54) is 0 Å². The molecule has 0 saturated carbocycles. The lowest BCUT2D eigenvalue weighted by molar-refractivity contribution is 0.0697. The minimum Gasteiger partial charge on any atom is -0.478 e. The molecule has 0 bridgehead atoms. The third-order valence-electron chi connectivity index (χ3n) is 2.98. The minimum atomic E-state index is -0.931. The first-order valence-electron chi connectivity index (χ1n) is 6.35. The molecule has 6 nitrogen and oxygen atoms in total. The molecular formula is C15H12N4O2. The molecule has 0 aliphatic heterocycles. The van der Waals surface area contributed by atoms with Gasteiger partial charge in [-0.05, 0) is 29.8 Å². The monoisotopic (exact) mass is 280 g/mol. The molecule has 104 valence electrons. The number of carboxylic acid groups (broad SMARTS) is 1. The fourth-order valence-electron chi connectivity index (χ4n) is 1.92. The number of aromatic carboxylic acids is 1. The lowest BCUT2D eigenvalue weighted by atomic mass is 10.1. The van der Waals surface area contributed by atoms with Crippen LogP contribution in [0.5, 0.6) is 0 Å². The van der Waals surface area contributed by atoms with E-state index in [2.05, 4.69) is 15.1 Å². The molecule has 0 aliphatic rings. The van der Waals surface area contributed by atoms with Gasteiger partial charge in [0.25, 0.3) is 0 Å². The summed E-state index contributed by atoms with van der Waals surface area (Å²) < 4.78 is 1.69. The van der Waals surface area contributed by atoms with Gasteiger partial charge in [-0.1, -0.05) is 18.2 Å². The van der Waals surface area contributed by atoms with E-state index in [-0.39, 0.29) is 5.56 Å². The van der Waals surface area contributed by atoms with Gasteiger partial charge in [0.2, 0.25) is 0 Å². The zero-order valence-electron chi connectivity index (χ0n) is 11.0. The Morgan fingerprint density at radius 1 is 1.10 bits per heavy atom. The SMILES string of the molecule is O=C(O)c1ccc(Cn2cnc(-c3ccccn3)n2)cc1. The molecule has 0 amide bonds. The van der Waals surface area contributed by atoms with Crippen molar-refractivity contribution in [2.75, 3.05) is 0 Å². The topological polar surface area (TPSA) is 80.9 Å². The molecule has 0 saturated heterocycles. The van der Waals surface area contributed by atoms with Crippen LogP contribution in [0.1, 0.15) is 15.9 Å². The van der Waals surface area contributed by atoms with Crippen LogP contribution < -0.4 is 0 Å². The van der Waals surface area contributed by atoms with Gasteiger partial charge in [-0.3, -0.25) is 4.98 Å². The highest BCUT2D eigenvalue weighted by atomic mass is 16.4. The average molecular weight is 280 g/mol. The van der Waals surface area contributed by atoms with E-state index in [0.29, 0.717) is 12.4 Å². The molecule has 1 N–H and O–H groups in total. The first-order valence-corrected chi connectivity index (χ1v) is 6.35. The maximum absolute atomic E-state index is 10.8. The standard InChI is InChI=1S/C15H12N4O2/c20-15(21)12-6-4-11(5-7-12)9-19-10-17-14(18-19)13-3-1-2-8-16-13/h1-8,10H,9H2,(H,20,21). The summed E-state index contributed by atoms with van der Waals surface area (Å²) in [6, 6.07) is 12.3. The number of carbonyl (C=O) groups is 1. The second-order valence-electron chi connectivity index (χ2n) is 4.48. The maximum atomic E-state index is 10.8. The normalized spacial score (nSPS) is 10.5. The molecule has 21 heavy (non-hydrogen) atoms. The molecule has 1 aromatic carbocycles. The van der Waals surface area contributed by atoms with Crippen LogP contribution >= 0.6 is 0 Å². The Bertz CT molecular complexity index is 751. The van der Waals surface area contributed by atoms with Crippen molar-refractivity contribution in [3.8, 4) is 11.5 Å². The molecule has 0 atom stereocenters. The van der Waals surface area contributed by atoms with Crippen molar-refractivity contribution >= 4 is 5.97 Å². The number of hydrogen-bond acceptors (Lipinski definition) is 4. The van der Waals surface area contributed by atoms with Crippen molar-refractivity contribution in [2.24, 2.45) is 0 Å². The molecule has 0 radical (unpaired) electrons. The van der Waals surface area contributed by atoms with Crippen molar-refractivity contribution in [3.63, 3.8) is 0 Å². The van der Waals surface area contributed by atoms with Gasteiger partial charge in [0.15, 0.2) is 5.82 Å². The van der Waals surface area contributed by atoms with Crippen LogP contribution in [0, 0.1) is 0 Å². The van der Waals surface area contributed by atoms with Crippen molar-refractivity contribution in [1.29, 1.82) is 0 Å². The quantitative estimate of drug-likeness (QED) is 0.791. The van der Waals surface area contributed by atoms with Gasteiger partial charge >= 0.3 is 5.97 Å². The predicted octanol–water partition coefficient (Wildman–Crippen LogP) is 2.09. The van der Waals surface area contributed by atoms with Gasteiger partial charge in [0, 0.05) is 6.20 Å². The van der Waals surface area contributed by atoms with E-state index >= 15 is 0 Å². The molecule has 6 heteroatoms. The van der Waals surface area contributed by atoms with Crippen LogP contribution in [0.3, 0.4) is 0 Å². The number of rotatable bonds is 4. The van der Waals surface area contributed by atoms with E-state index in [1.54, 1.807) is 41.5 Å². The molecule has 0 fully saturated rings.